The summed E-state index contributed by atoms with van der Waals surface area (Å²) in [7, 11) is 0. The van der Waals surface area contributed by atoms with Crippen molar-refractivity contribution in [1.29, 1.82) is 5.26 Å². The summed E-state index contributed by atoms with van der Waals surface area (Å²) >= 11 is 7.35. The number of nitro benzene ring substituents is 1. The van der Waals surface area contributed by atoms with Gasteiger partial charge in [-0.25, -0.2) is 0 Å². The van der Waals surface area contributed by atoms with E-state index in [9.17, 15) is 10.1 Å². The molecule has 0 bridgehead atoms. The highest BCUT2D eigenvalue weighted by Gasteiger charge is 2.09. The second-order valence-electron chi connectivity index (χ2n) is 3.65. The van der Waals surface area contributed by atoms with E-state index in [0.717, 1.165) is 4.88 Å². The molecule has 1 N–H and O–H groups in total. The molecule has 2 aromatic rings. The summed E-state index contributed by atoms with van der Waals surface area (Å²) in [4.78, 5) is 11.7. The topological polar surface area (TPSA) is 79.0 Å². The van der Waals surface area contributed by atoms with Crippen molar-refractivity contribution in [1.82, 2.24) is 0 Å². The van der Waals surface area contributed by atoms with Crippen molar-refractivity contribution in [3.63, 3.8) is 0 Å². The van der Waals surface area contributed by atoms with Crippen LogP contribution in [0.3, 0.4) is 0 Å². The van der Waals surface area contributed by atoms with Crippen molar-refractivity contribution >= 4 is 34.3 Å². The molecule has 0 saturated carbocycles. The van der Waals surface area contributed by atoms with Crippen LogP contribution >= 0.6 is 22.9 Å². The summed E-state index contributed by atoms with van der Waals surface area (Å²) in [6, 6.07) is 9.94. The quantitative estimate of drug-likeness (QED) is 0.687. The minimum Gasteiger partial charge on any atom is -0.379 e. The number of halogens is 1. The fourth-order valence-electron chi connectivity index (χ4n) is 1.48. The van der Waals surface area contributed by atoms with E-state index in [4.69, 9.17) is 16.9 Å². The molecular formula is C12H8ClN3O2S. The zero-order valence-electron chi connectivity index (χ0n) is 9.59. The molecule has 0 saturated heterocycles. The first-order chi connectivity index (χ1) is 9.10. The summed E-state index contributed by atoms with van der Waals surface area (Å²) < 4.78 is 0. The number of nitrogens with zero attached hydrogens (tertiary/aromatic N) is 2. The molecule has 2 rings (SSSR count). The number of nitro groups is 1. The van der Waals surface area contributed by atoms with Crippen molar-refractivity contribution in [3.05, 3.63) is 55.2 Å². The molecule has 0 aliphatic carbocycles. The second-order valence-corrected chi connectivity index (χ2v) is 5.23. The zero-order valence-corrected chi connectivity index (χ0v) is 11.2. The molecule has 0 atom stereocenters. The first-order valence-corrected chi connectivity index (χ1v) is 6.46. The van der Waals surface area contributed by atoms with E-state index in [2.05, 4.69) is 11.4 Å². The number of benzene rings is 1. The van der Waals surface area contributed by atoms with Gasteiger partial charge in [0.2, 0.25) is 0 Å². The van der Waals surface area contributed by atoms with Gasteiger partial charge < -0.3 is 5.32 Å². The van der Waals surface area contributed by atoms with Crippen LogP contribution in [-0.2, 0) is 6.54 Å². The Labute approximate surface area is 118 Å². The summed E-state index contributed by atoms with van der Waals surface area (Å²) in [5.74, 6) is 0. The highest BCUT2D eigenvalue weighted by Crippen LogP contribution is 2.27. The molecule has 5 nitrogen and oxygen atoms in total. The highest BCUT2D eigenvalue weighted by molar-refractivity contribution is 7.12. The molecule has 19 heavy (non-hydrogen) atoms. The number of hydrogen-bond donors (Lipinski definition) is 1. The molecule has 1 aromatic heterocycles. The average molecular weight is 294 g/mol. The molecule has 0 aliphatic heterocycles. The van der Waals surface area contributed by atoms with Crippen LogP contribution in [0.4, 0.5) is 11.4 Å². The van der Waals surface area contributed by atoms with Gasteiger partial charge in [-0.2, -0.15) is 5.26 Å². The Morgan fingerprint density at radius 1 is 1.42 bits per heavy atom. The van der Waals surface area contributed by atoms with Gasteiger partial charge in [-0.15, -0.1) is 11.3 Å². The molecule has 1 aromatic carbocycles. The third-order valence-corrected chi connectivity index (χ3v) is 3.69. The smallest absolute Gasteiger partial charge is 0.271 e. The molecular weight excluding hydrogens is 286 g/mol. The van der Waals surface area contributed by atoms with Crippen molar-refractivity contribution in [2.75, 3.05) is 5.32 Å². The fraction of sp³-hybridized carbons (Fsp3) is 0.0833. The summed E-state index contributed by atoms with van der Waals surface area (Å²) in [5, 5.41) is 22.7. The molecule has 96 valence electrons. The maximum atomic E-state index is 10.6. The minimum absolute atomic E-state index is 0.0431. The molecule has 7 heteroatoms. The van der Waals surface area contributed by atoms with Crippen LogP contribution in [0.1, 0.15) is 9.75 Å². The SMILES string of the molecule is N#Cc1ccc(CNc2ccc([N+](=O)[O-])cc2Cl)s1. The number of nitriles is 1. The van der Waals surface area contributed by atoms with Gasteiger partial charge in [0.1, 0.15) is 10.9 Å². The summed E-state index contributed by atoms with van der Waals surface area (Å²) in [6.07, 6.45) is 0. The van der Waals surface area contributed by atoms with E-state index in [1.54, 1.807) is 12.1 Å². The number of rotatable bonds is 4. The Bertz CT molecular complexity index is 663. The van der Waals surface area contributed by atoms with Crippen LogP contribution in [0.15, 0.2) is 30.3 Å². The maximum Gasteiger partial charge on any atom is 0.271 e. The van der Waals surface area contributed by atoms with E-state index in [1.807, 2.05) is 6.07 Å². The first kappa shape index (κ1) is 13.3. The lowest BCUT2D eigenvalue weighted by Gasteiger charge is -2.06. The van der Waals surface area contributed by atoms with Crippen molar-refractivity contribution in [2.45, 2.75) is 6.54 Å². The van der Waals surface area contributed by atoms with Gasteiger partial charge in [0.05, 0.1) is 15.6 Å². The standard InChI is InChI=1S/C12H8ClN3O2S/c13-11-5-8(16(17)18)1-4-12(11)15-7-10-3-2-9(6-14)19-10/h1-5,15H,7H2. The first-order valence-electron chi connectivity index (χ1n) is 5.27. The monoisotopic (exact) mass is 293 g/mol. The van der Waals surface area contributed by atoms with E-state index in [-0.39, 0.29) is 5.69 Å². The summed E-state index contributed by atoms with van der Waals surface area (Å²) in [5.41, 5.74) is 0.581. The Morgan fingerprint density at radius 2 is 2.21 bits per heavy atom. The van der Waals surface area contributed by atoms with E-state index in [1.165, 1.54) is 23.5 Å². The molecule has 0 radical (unpaired) electrons. The van der Waals surface area contributed by atoms with E-state index in [0.29, 0.717) is 22.1 Å². The predicted octanol–water partition coefficient (Wildman–Crippen LogP) is 3.79. The second kappa shape index (κ2) is 5.69. The van der Waals surface area contributed by atoms with E-state index >= 15 is 0 Å². The Hall–Kier alpha value is -2.10. The van der Waals surface area contributed by atoms with Crippen LogP contribution in [0.2, 0.25) is 5.02 Å². The van der Waals surface area contributed by atoms with E-state index < -0.39 is 4.92 Å². The maximum absolute atomic E-state index is 10.6. The number of thiophene rings is 1. The van der Waals surface area contributed by atoms with Gasteiger partial charge in [0, 0.05) is 23.6 Å². The Morgan fingerprint density at radius 3 is 2.79 bits per heavy atom. The zero-order chi connectivity index (χ0) is 13.8. The number of anilines is 1. The predicted molar refractivity (Wildman–Crippen MR) is 74.5 cm³/mol. The molecule has 1 heterocycles. The van der Waals surface area contributed by atoms with Crippen LogP contribution in [0, 0.1) is 21.4 Å². The van der Waals surface area contributed by atoms with Gasteiger partial charge in [-0.3, -0.25) is 10.1 Å². The normalized spacial score (nSPS) is 9.89. The molecule has 0 unspecified atom stereocenters. The largest absolute Gasteiger partial charge is 0.379 e. The number of non-ortho nitro benzene ring substituents is 1. The number of nitrogens with one attached hydrogen (secondary N) is 1. The number of hydrogen-bond acceptors (Lipinski definition) is 5. The fourth-order valence-corrected chi connectivity index (χ4v) is 2.46. The Balaban J connectivity index is 2.07. The van der Waals surface area contributed by atoms with Crippen LogP contribution in [-0.4, -0.2) is 4.92 Å². The van der Waals surface area contributed by atoms with Gasteiger partial charge in [0.25, 0.3) is 5.69 Å². The lowest BCUT2D eigenvalue weighted by atomic mass is 10.3. The molecule has 0 aliphatic rings. The highest BCUT2D eigenvalue weighted by atomic mass is 35.5. The minimum atomic E-state index is -0.492. The molecule has 0 amide bonds. The third kappa shape index (κ3) is 3.22. The van der Waals surface area contributed by atoms with Crippen molar-refractivity contribution in [2.24, 2.45) is 0 Å². The van der Waals surface area contributed by atoms with Crippen LogP contribution in [0.5, 0.6) is 0 Å². The molecule has 0 spiro atoms. The lowest BCUT2D eigenvalue weighted by Crippen LogP contribution is -1.98. The van der Waals surface area contributed by atoms with Crippen molar-refractivity contribution < 1.29 is 4.92 Å². The van der Waals surface area contributed by atoms with Crippen molar-refractivity contribution in [3.8, 4) is 6.07 Å². The Kier molecular flexibility index (Phi) is 4.00. The van der Waals surface area contributed by atoms with Gasteiger partial charge in [-0.1, -0.05) is 11.6 Å². The third-order valence-electron chi connectivity index (χ3n) is 2.39. The lowest BCUT2D eigenvalue weighted by molar-refractivity contribution is -0.384. The van der Waals surface area contributed by atoms with Gasteiger partial charge >= 0.3 is 0 Å². The van der Waals surface area contributed by atoms with Gasteiger partial charge in [0.15, 0.2) is 0 Å². The average Bonchev–Trinajstić information content (AvgIpc) is 2.85. The van der Waals surface area contributed by atoms with Gasteiger partial charge in [-0.05, 0) is 18.2 Å². The molecule has 0 fully saturated rings. The summed E-state index contributed by atoms with van der Waals surface area (Å²) in [6.45, 7) is 0.518. The van der Waals surface area contributed by atoms with Crippen LogP contribution in [0.25, 0.3) is 0 Å². The van der Waals surface area contributed by atoms with Crippen LogP contribution < -0.4 is 5.32 Å².